The van der Waals surface area contributed by atoms with E-state index >= 15 is 0 Å². The van der Waals surface area contributed by atoms with E-state index in [2.05, 4.69) is 6.92 Å². The van der Waals surface area contributed by atoms with Gasteiger partial charge in [-0.1, -0.05) is 18.9 Å². The Hall–Kier alpha value is -1.16. The van der Waals surface area contributed by atoms with Gasteiger partial charge in [0.1, 0.15) is 0 Å². The smallest absolute Gasteiger partial charge is 0.232 e. The van der Waals surface area contributed by atoms with Crippen LogP contribution in [0.1, 0.15) is 31.2 Å². The molecule has 0 spiro atoms. The first-order chi connectivity index (χ1) is 9.16. The van der Waals surface area contributed by atoms with Crippen molar-refractivity contribution in [2.24, 2.45) is 0 Å². The molecule has 1 saturated heterocycles. The molecule has 19 heavy (non-hydrogen) atoms. The summed E-state index contributed by atoms with van der Waals surface area (Å²) in [6.07, 6.45) is 4.80. The summed E-state index contributed by atoms with van der Waals surface area (Å²) in [5.74, 6) is 0.776. The molecule has 0 unspecified atom stereocenters. The molecule has 1 aromatic carbocycles. The lowest BCUT2D eigenvalue weighted by Crippen LogP contribution is -2.33. The number of anilines is 1. The minimum absolute atomic E-state index is 0.258. The van der Waals surface area contributed by atoms with Gasteiger partial charge < -0.3 is 10.6 Å². The van der Waals surface area contributed by atoms with Gasteiger partial charge in [-0.2, -0.15) is 0 Å². The van der Waals surface area contributed by atoms with Crippen LogP contribution in [-0.4, -0.2) is 29.6 Å². The van der Waals surface area contributed by atoms with Gasteiger partial charge in [-0.15, -0.1) is 11.8 Å². The molecule has 1 amide bonds. The molecule has 0 saturated carbocycles. The number of aryl methyl sites for hydroxylation is 1. The van der Waals surface area contributed by atoms with Crippen molar-refractivity contribution >= 4 is 23.4 Å². The van der Waals surface area contributed by atoms with Gasteiger partial charge in [0.05, 0.1) is 5.75 Å². The normalized spacial score (nSPS) is 16.2. The summed E-state index contributed by atoms with van der Waals surface area (Å²) >= 11 is 1.60. The van der Waals surface area contributed by atoms with Crippen LogP contribution < -0.4 is 5.73 Å². The zero-order chi connectivity index (χ0) is 13.7. The highest BCUT2D eigenvalue weighted by atomic mass is 32.2. The number of nitrogen functional groups attached to an aromatic ring is 1. The van der Waals surface area contributed by atoms with Crippen molar-refractivity contribution in [3.63, 3.8) is 0 Å². The Morgan fingerprint density at radius 3 is 2.63 bits per heavy atom. The third-order valence-corrected chi connectivity index (χ3v) is 4.66. The van der Waals surface area contributed by atoms with Crippen molar-refractivity contribution in [2.75, 3.05) is 24.6 Å². The lowest BCUT2D eigenvalue weighted by molar-refractivity contribution is -0.128. The second kappa shape index (κ2) is 6.85. The summed E-state index contributed by atoms with van der Waals surface area (Å²) in [5, 5.41) is 0. The molecule has 0 bridgehead atoms. The second-order valence-corrected chi connectivity index (χ2v) is 6.13. The zero-order valence-corrected chi connectivity index (χ0v) is 12.3. The lowest BCUT2D eigenvalue weighted by atomic mass is 10.2. The van der Waals surface area contributed by atoms with Gasteiger partial charge in [-0.3, -0.25) is 4.79 Å². The number of nitrogens with two attached hydrogens (primary N) is 1. The summed E-state index contributed by atoms with van der Waals surface area (Å²) in [7, 11) is 0. The molecule has 2 N–H and O–H groups in total. The van der Waals surface area contributed by atoms with E-state index in [0.29, 0.717) is 5.75 Å². The first-order valence-corrected chi connectivity index (χ1v) is 7.92. The molecule has 0 aliphatic carbocycles. The Kier molecular flexibility index (Phi) is 5.14. The molecule has 4 heteroatoms. The van der Waals surface area contributed by atoms with Crippen molar-refractivity contribution in [3.8, 4) is 0 Å². The topological polar surface area (TPSA) is 46.3 Å². The van der Waals surface area contributed by atoms with E-state index < -0.39 is 0 Å². The van der Waals surface area contributed by atoms with Crippen molar-refractivity contribution < 1.29 is 4.79 Å². The summed E-state index contributed by atoms with van der Waals surface area (Å²) in [6.45, 7) is 3.91. The maximum Gasteiger partial charge on any atom is 0.232 e. The van der Waals surface area contributed by atoms with E-state index in [1.165, 1.54) is 18.4 Å². The fraction of sp³-hybridized carbons (Fsp3) is 0.533. The number of hydrogen-bond donors (Lipinski definition) is 1. The van der Waals surface area contributed by atoms with E-state index in [0.717, 1.165) is 36.5 Å². The molecule has 0 atom stereocenters. The number of rotatable bonds is 3. The third-order valence-electron chi connectivity index (χ3n) is 3.52. The third kappa shape index (κ3) is 4.16. The molecule has 1 aromatic rings. The minimum Gasteiger partial charge on any atom is -0.399 e. The highest BCUT2D eigenvalue weighted by Gasteiger charge is 2.15. The number of thioether (sulfide) groups is 1. The number of benzene rings is 1. The van der Waals surface area contributed by atoms with E-state index in [1.54, 1.807) is 11.8 Å². The molecular weight excluding hydrogens is 256 g/mol. The fourth-order valence-electron chi connectivity index (χ4n) is 2.32. The molecule has 3 nitrogen and oxygen atoms in total. The SMILES string of the molecule is Cc1ccc(N)cc1SCC(=O)N1CCCCCC1. The second-order valence-electron chi connectivity index (χ2n) is 5.11. The summed E-state index contributed by atoms with van der Waals surface area (Å²) in [5.41, 5.74) is 7.73. The van der Waals surface area contributed by atoms with E-state index in [-0.39, 0.29) is 5.91 Å². The van der Waals surface area contributed by atoms with Crippen LogP contribution in [0, 0.1) is 6.92 Å². The van der Waals surface area contributed by atoms with Crippen LogP contribution >= 0.6 is 11.8 Å². The number of hydrogen-bond acceptors (Lipinski definition) is 3. The van der Waals surface area contributed by atoms with Crippen molar-refractivity contribution in [1.82, 2.24) is 4.90 Å². The Labute approximate surface area is 119 Å². The maximum atomic E-state index is 12.2. The number of nitrogens with zero attached hydrogens (tertiary/aromatic N) is 1. The summed E-state index contributed by atoms with van der Waals surface area (Å²) < 4.78 is 0. The van der Waals surface area contributed by atoms with Crippen molar-refractivity contribution in [1.29, 1.82) is 0 Å². The van der Waals surface area contributed by atoms with Gasteiger partial charge in [0.2, 0.25) is 5.91 Å². The molecule has 1 aliphatic rings. The van der Waals surface area contributed by atoms with Gasteiger partial charge >= 0.3 is 0 Å². The highest BCUT2D eigenvalue weighted by molar-refractivity contribution is 8.00. The Morgan fingerprint density at radius 2 is 1.95 bits per heavy atom. The molecule has 1 aliphatic heterocycles. The van der Waals surface area contributed by atoms with Crippen molar-refractivity contribution in [2.45, 2.75) is 37.5 Å². The predicted octanol–water partition coefficient (Wildman–Crippen LogP) is 3.07. The first-order valence-electron chi connectivity index (χ1n) is 6.93. The van der Waals surface area contributed by atoms with Gasteiger partial charge in [0, 0.05) is 23.7 Å². The quantitative estimate of drug-likeness (QED) is 0.683. The number of carbonyl (C=O) groups excluding carboxylic acids is 1. The van der Waals surface area contributed by atoms with E-state index in [9.17, 15) is 4.79 Å². The van der Waals surface area contributed by atoms with E-state index in [1.807, 2.05) is 23.1 Å². The van der Waals surface area contributed by atoms with Crippen LogP contribution in [0.5, 0.6) is 0 Å². The number of likely N-dealkylation sites (tertiary alicyclic amines) is 1. The van der Waals surface area contributed by atoms with Crippen LogP contribution in [-0.2, 0) is 4.79 Å². The standard InChI is InChI=1S/C15H22N2OS/c1-12-6-7-13(16)10-14(12)19-11-15(18)17-8-4-2-3-5-9-17/h6-7,10H,2-5,8-9,11,16H2,1H3. The van der Waals surface area contributed by atoms with Crippen LogP contribution in [0.3, 0.4) is 0 Å². The number of carbonyl (C=O) groups is 1. The Balaban J connectivity index is 1.90. The first kappa shape index (κ1) is 14.3. The van der Waals surface area contributed by atoms with Gasteiger partial charge in [-0.05, 0) is 37.5 Å². The Morgan fingerprint density at radius 1 is 1.26 bits per heavy atom. The Bertz CT molecular complexity index is 440. The largest absolute Gasteiger partial charge is 0.399 e. The molecule has 0 aromatic heterocycles. The van der Waals surface area contributed by atoms with Gasteiger partial charge in [0.25, 0.3) is 0 Å². The molecule has 2 rings (SSSR count). The average molecular weight is 278 g/mol. The predicted molar refractivity (Wildman–Crippen MR) is 81.4 cm³/mol. The maximum absolute atomic E-state index is 12.2. The van der Waals surface area contributed by atoms with Crippen molar-refractivity contribution in [3.05, 3.63) is 23.8 Å². The monoisotopic (exact) mass is 278 g/mol. The average Bonchev–Trinajstić information content (AvgIpc) is 2.68. The van der Waals surface area contributed by atoms with Gasteiger partial charge in [-0.25, -0.2) is 0 Å². The number of amides is 1. The van der Waals surface area contributed by atoms with Crippen LogP contribution in [0.15, 0.2) is 23.1 Å². The summed E-state index contributed by atoms with van der Waals surface area (Å²) in [4.78, 5) is 15.3. The fourth-order valence-corrected chi connectivity index (χ4v) is 3.30. The molecule has 1 heterocycles. The van der Waals surface area contributed by atoms with Gasteiger partial charge in [0.15, 0.2) is 0 Å². The molecule has 104 valence electrons. The van der Waals surface area contributed by atoms with Crippen LogP contribution in [0.25, 0.3) is 0 Å². The van der Waals surface area contributed by atoms with E-state index in [4.69, 9.17) is 5.73 Å². The highest BCUT2D eigenvalue weighted by Crippen LogP contribution is 2.25. The summed E-state index contributed by atoms with van der Waals surface area (Å²) in [6, 6.07) is 5.86. The molecule has 0 radical (unpaired) electrons. The van der Waals surface area contributed by atoms with Crippen LogP contribution in [0.2, 0.25) is 0 Å². The van der Waals surface area contributed by atoms with Crippen LogP contribution in [0.4, 0.5) is 5.69 Å². The minimum atomic E-state index is 0.258. The zero-order valence-electron chi connectivity index (χ0n) is 11.5. The lowest BCUT2D eigenvalue weighted by Gasteiger charge is -2.20. The molecule has 1 fully saturated rings. The molecular formula is C15H22N2OS.